The molecule has 3 rings (SSSR count). The highest BCUT2D eigenvalue weighted by Gasteiger charge is 2.37. The van der Waals surface area contributed by atoms with Crippen LogP contribution in [-0.2, 0) is 4.74 Å². The lowest BCUT2D eigenvalue weighted by molar-refractivity contribution is 0.286. The number of aliphatic imine (C=N–C) groups is 2. The molecule has 1 aliphatic rings. The molecule has 0 unspecified atom stereocenters. The third-order valence-electron chi connectivity index (χ3n) is 4.51. The maximum Gasteiger partial charge on any atom is 0.208 e. The van der Waals surface area contributed by atoms with Gasteiger partial charge in [0, 0.05) is 17.2 Å². The van der Waals surface area contributed by atoms with Gasteiger partial charge in [-0.25, -0.2) is 9.38 Å². The summed E-state index contributed by atoms with van der Waals surface area (Å²) < 4.78 is 19.3. The number of rotatable bonds is 4. The Morgan fingerprint density at radius 2 is 1.82 bits per heavy atom. The van der Waals surface area contributed by atoms with E-state index in [9.17, 15) is 4.39 Å². The molecule has 2 aromatic rings. The number of ether oxygens (including phenoxy) is 1. The van der Waals surface area contributed by atoms with Gasteiger partial charge in [0.1, 0.15) is 5.82 Å². The third-order valence-corrected chi connectivity index (χ3v) is 4.51. The molecule has 1 heterocycles. The van der Waals surface area contributed by atoms with Crippen LogP contribution >= 0.6 is 0 Å². The number of para-hydroxylation sites is 1. The first-order chi connectivity index (χ1) is 13.5. The minimum Gasteiger partial charge on any atom is -0.480 e. The maximum atomic E-state index is 13.5. The van der Waals surface area contributed by atoms with Crippen molar-refractivity contribution in [2.24, 2.45) is 21.5 Å². The van der Waals surface area contributed by atoms with Gasteiger partial charge in [-0.3, -0.25) is 0 Å². The van der Waals surface area contributed by atoms with Gasteiger partial charge >= 0.3 is 0 Å². The molecule has 0 aromatic heterocycles. The fourth-order valence-electron chi connectivity index (χ4n) is 3.21. The molecule has 0 saturated carbocycles. The van der Waals surface area contributed by atoms with Crippen molar-refractivity contribution in [3.63, 3.8) is 0 Å². The molecule has 0 saturated heterocycles. The summed E-state index contributed by atoms with van der Waals surface area (Å²) >= 11 is 0. The highest BCUT2D eigenvalue weighted by molar-refractivity contribution is 6.12. The van der Waals surface area contributed by atoms with Gasteiger partial charge in [-0.1, -0.05) is 37.3 Å². The van der Waals surface area contributed by atoms with Crippen molar-refractivity contribution >= 4 is 17.4 Å². The van der Waals surface area contributed by atoms with Gasteiger partial charge in [0.25, 0.3) is 0 Å². The van der Waals surface area contributed by atoms with Crippen molar-refractivity contribution in [1.82, 2.24) is 0 Å². The number of nitrogens with two attached hydrogens (primary N) is 2. The van der Waals surface area contributed by atoms with Gasteiger partial charge in [0.05, 0.1) is 18.3 Å². The number of hydrogen-bond donors (Lipinski definition) is 2. The summed E-state index contributed by atoms with van der Waals surface area (Å²) in [6.07, 6.45) is 0.830. The Kier molecular flexibility index (Phi) is 6.21. The summed E-state index contributed by atoms with van der Waals surface area (Å²) in [5.41, 5.74) is 15.6. The summed E-state index contributed by atoms with van der Waals surface area (Å²) in [6, 6.07) is 15.2. The molecule has 5 nitrogen and oxygen atoms in total. The van der Waals surface area contributed by atoms with E-state index in [1.807, 2.05) is 37.3 Å². The molecule has 0 spiro atoms. The van der Waals surface area contributed by atoms with Crippen LogP contribution < -0.4 is 11.5 Å². The fourth-order valence-corrected chi connectivity index (χ4v) is 3.21. The molecule has 6 heteroatoms. The monoisotopic (exact) mass is 380 g/mol. The van der Waals surface area contributed by atoms with E-state index in [1.165, 1.54) is 12.1 Å². The number of halogens is 1. The van der Waals surface area contributed by atoms with Crippen molar-refractivity contribution in [2.45, 2.75) is 32.2 Å². The molecule has 2 aromatic carbocycles. The van der Waals surface area contributed by atoms with E-state index < -0.39 is 6.04 Å². The molecule has 4 N–H and O–H groups in total. The van der Waals surface area contributed by atoms with Crippen molar-refractivity contribution in [1.29, 1.82) is 0 Å². The second-order valence-electron chi connectivity index (χ2n) is 6.72. The first kappa shape index (κ1) is 19.8. The fraction of sp³-hybridized carbons (Fsp3) is 0.273. The second-order valence-corrected chi connectivity index (χ2v) is 6.72. The molecular weight excluding hydrogens is 355 g/mol. The number of allylic oxidation sites excluding steroid dienone is 1. The number of benzene rings is 2. The smallest absolute Gasteiger partial charge is 0.208 e. The van der Waals surface area contributed by atoms with Crippen LogP contribution in [0.5, 0.6) is 0 Å². The average Bonchev–Trinajstić information content (AvgIpc) is 2.69. The van der Waals surface area contributed by atoms with E-state index in [0.29, 0.717) is 24.0 Å². The molecule has 0 aliphatic carbocycles. The Bertz CT molecular complexity index is 900. The summed E-state index contributed by atoms with van der Waals surface area (Å²) in [4.78, 5) is 9.29. The van der Waals surface area contributed by atoms with Crippen LogP contribution in [0.1, 0.15) is 31.7 Å². The lowest BCUT2D eigenvalue weighted by Crippen LogP contribution is -2.44. The minimum atomic E-state index is -0.541. The van der Waals surface area contributed by atoms with Crippen molar-refractivity contribution in [3.8, 4) is 0 Å². The summed E-state index contributed by atoms with van der Waals surface area (Å²) in [6.45, 7) is 4.31. The predicted octanol–water partition coefficient (Wildman–Crippen LogP) is 4.04. The molecule has 28 heavy (non-hydrogen) atoms. The highest BCUT2D eigenvalue weighted by Crippen LogP contribution is 2.35. The highest BCUT2D eigenvalue weighted by atomic mass is 19.1. The first-order valence-corrected chi connectivity index (χ1v) is 9.34. The number of nitrogens with zero attached hydrogens (tertiary/aromatic N) is 2. The van der Waals surface area contributed by atoms with Crippen LogP contribution in [-0.4, -0.2) is 24.4 Å². The Morgan fingerprint density at radius 3 is 2.43 bits per heavy atom. The van der Waals surface area contributed by atoms with Gasteiger partial charge in [-0.15, -0.1) is 0 Å². The summed E-state index contributed by atoms with van der Waals surface area (Å²) in [5.74, 6) is 0.235. The van der Waals surface area contributed by atoms with E-state index in [2.05, 4.69) is 9.98 Å². The van der Waals surface area contributed by atoms with Crippen molar-refractivity contribution < 1.29 is 9.13 Å². The quantitative estimate of drug-likeness (QED) is 0.839. The molecule has 0 fully saturated rings. The standard InChI is InChI=1S/C22H25FN4O/c1-3-13-28-22-20(25)19(15-9-11-16(23)12-10-15)18(14(2)24)21(27-22)26-17-7-5-4-6-8-17/h4-12,19-20H,3,13,24-25H2,1-2H3/b18-14-,26-21?/t19-,20-/m0/s1. The van der Waals surface area contributed by atoms with Crippen molar-refractivity contribution in [2.75, 3.05) is 6.61 Å². The molecule has 1 aliphatic heterocycles. The number of amidine groups is 1. The molecule has 146 valence electrons. The second kappa shape index (κ2) is 8.80. The van der Waals surface area contributed by atoms with E-state index in [4.69, 9.17) is 16.2 Å². The maximum absolute atomic E-state index is 13.5. The van der Waals surface area contributed by atoms with Crippen LogP contribution in [0, 0.1) is 5.82 Å². The molecular formula is C22H25FN4O. The summed E-state index contributed by atoms with van der Waals surface area (Å²) in [7, 11) is 0. The van der Waals surface area contributed by atoms with Gasteiger partial charge in [-0.05, 0) is 43.2 Å². The Hall–Kier alpha value is -2.99. The minimum absolute atomic E-state index is 0.308. The van der Waals surface area contributed by atoms with E-state index >= 15 is 0 Å². The zero-order chi connectivity index (χ0) is 20.1. The molecule has 0 radical (unpaired) electrons. The molecule has 0 amide bonds. The lowest BCUT2D eigenvalue weighted by Gasteiger charge is -2.32. The lowest BCUT2D eigenvalue weighted by atomic mass is 9.81. The van der Waals surface area contributed by atoms with Gasteiger partial charge in [0.2, 0.25) is 5.90 Å². The predicted molar refractivity (Wildman–Crippen MR) is 111 cm³/mol. The van der Waals surface area contributed by atoms with Gasteiger partial charge in [0.15, 0.2) is 5.84 Å². The Balaban J connectivity index is 2.16. The summed E-state index contributed by atoms with van der Waals surface area (Å²) in [5, 5.41) is 0. The van der Waals surface area contributed by atoms with Crippen LogP contribution in [0.25, 0.3) is 0 Å². The number of hydrogen-bond acceptors (Lipinski definition) is 4. The SMILES string of the molecule is CCCOC1=NC(=Nc2ccccc2)/C(=C(/C)N)[C@H](c2ccc(F)cc2)[C@@H]1N. The van der Waals surface area contributed by atoms with Crippen LogP contribution in [0.15, 0.2) is 75.9 Å². The first-order valence-electron chi connectivity index (χ1n) is 9.34. The Morgan fingerprint density at radius 1 is 1.14 bits per heavy atom. The van der Waals surface area contributed by atoms with Crippen LogP contribution in [0.4, 0.5) is 10.1 Å². The average molecular weight is 380 g/mol. The molecule has 0 bridgehead atoms. The van der Waals surface area contributed by atoms with Crippen molar-refractivity contribution in [3.05, 3.63) is 77.2 Å². The van der Waals surface area contributed by atoms with E-state index in [1.54, 1.807) is 19.1 Å². The zero-order valence-corrected chi connectivity index (χ0v) is 16.1. The third kappa shape index (κ3) is 4.28. The molecule has 2 atom stereocenters. The largest absolute Gasteiger partial charge is 0.480 e. The Labute approximate surface area is 164 Å². The topological polar surface area (TPSA) is 86.0 Å². The van der Waals surface area contributed by atoms with E-state index in [-0.39, 0.29) is 11.7 Å². The van der Waals surface area contributed by atoms with Crippen LogP contribution in [0.2, 0.25) is 0 Å². The normalized spacial score (nSPS) is 22.7. The zero-order valence-electron chi connectivity index (χ0n) is 16.1. The van der Waals surface area contributed by atoms with Gasteiger partial charge < -0.3 is 16.2 Å². The van der Waals surface area contributed by atoms with Crippen LogP contribution in [0.3, 0.4) is 0 Å². The van der Waals surface area contributed by atoms with Gasteiger partial charge in [-0.2, -0.15) is 4.99 Å². The van der Waals surface area contributed by atoms with E-state index in [0.717, 1.165) is 23.2 Å².